The maximum absolute atomic E-state index is 12.0. The first kappa shape index (κ1) is 15.7. The lowest BCUT2D eigenvalue weighted by Crippen LogP contribution is -2.47. The number of likely N-dealkylation sites (N-methyl/N-ethyl adjacent to an activating group) is 1. The fraction of sp³-hybridized carbons (Fsp3) is 1.00. The smallest absolute Gasteiger partial charge is 0.315 e. The first-order valence-corrected chi connectivity index (χ1v) is 7.56. The van der Waals surface area contributed by atoms with Crippen LogP contribution in [0, 0.1) is 0 Å². The molecule has 1 atom stereocenters. The first-order valence-electron chi connectivity index (χ1n) is 5.95. The molecule has 1 aliphatic heterocycles. The van der Waals surface area contributed by atoms with E-state index in [4.69, 9.17) is 0 Å². The summed E-state index contributed by atoms with van der Waals surface area (Å²) in [5.74, 6) is -0.445. The van der Waals surface area contributed by atoms with Crippen LogP contribution in [0.15, 0.2) is 0 Å². The molecule has 0 spiro atoms. The molecule has 0 aliphatic carbocycles. The van der Waals surface area contributed by atoms with Gasteiger partial charge in [0.25, 0.3) is 0 Å². The molecule has 1 saturated heterocycles. The van der Waals surface area contributed by atoms with Crippen molar-refractivity contribution in [3.63, 3.8) is 0 Å². The molecule has 1 rings (SSSR count). The summed E-state index contributed by atoms with van der Waals surface area (Å²) >= 11 is 0. The number of alkyl halides is 3. The van der Waals surface area contributed by atoms with Gasteiger partial charge < -0.3 is 5.32 Å². The largest absolute Gasteiger partial charge is 0.389 e. The van der Waals surface area contributed by atoms with E-state index in [9.17, 15) is 21.6 Å². The van der Waals surface area contributed by atoms with Gasteiger partial charge in [0.05, 0.1) is 5.75 Å². The molecule has 0 radical (unpaired) electrons. The fourth-order valence-corrected chi connectivity index (χ4v) is 3.40. The summed E-state index contributed by atoms with van der Waals surface area (Å²) in [5, 5.41) is 3.08. The number of hydrogen-bond acceptors (Lipinski definition) is 3. The van der Waals surface area contributed by atoms with Gasteiger partial charge in [-0.25, -0.2) is 12.7 Å². The quantitative estimate of drug-likeness (QED) is 0.830. The number of halogens is 3. The molecule has 1 aliphatic rings. The van der Waals surface area contributed by atoms with Crippen molar-refractivity contribution < 1.29 is 21.6 Å². The molecule has 18 heavy (non-hydrogen) atoms. The highest BCUT2D eigenvalue weighted by molar-refractivity contribution is 7.89. The Morgan fingerprint density at radius 2 is 2.06 bits per heavy atom. The molecule has 1 N–H and O–H groups in total. The van der Waals surface area contributed by atoms with E-state index in [1.165, 1.54) is 11.4 Å². The molecule has 0 saturated carbocycles. The van der Waals surface area contributed by atoms with Gasteiger partial charge in [-0.2, -0.15) is 13.2 Å². The van der Waals surface area contributed by atoms with Crippen LogP contribution >= 0.6 is 0 Å². The van der Waals surface area contributed by atoms with Gasteiger partial charge in [0, 0.05) is 26.1 Å². The molecule has 0 aromatic carbocycles. The summed E-state index contributed by atoms with van der Waals surface area (Å²) in [6, 6.07) is -0.144. The third-order valence-corrected chi connectivity index (χ3v) is 5.07. The van der Waals surface area contributed by atoms with Crippen molar-refractivity contribution in [3.8, 4) is 0 Å². The van der Waals surface area contributed by atoms with E-state index in [0.717, 1.165) is 19.4 Å². The van der Waals surface area contributed by atoms with Crippen LogP contribution in [-0.4, -0.2) is 50.8 Å². The third kappa shape index (κ3) is 5.11. The number of nitrogens with one attached hydrogen (secondary N) is 1. The predicted molar refractivity (Wildman–Crippen MR) is 62.7 cm³/mol. The Labute approximate surface area is 106 Å². The minimum atomic E-state index is -4.29. The zero-order valence-corrected chi connectivity index (χ0v) is 11.1. The Morgan fingerprint density at radius 1 is 1.39 bits per heavy atom. The molecule has 8 heteroatoms. The first-order chi connectivity index (χ1) is 8.22. The van der Waals surface area contributed by atoms with Gasteiger partial charge in [-0.1, -0.05) is 0 Å². The van der Waals surface area contributed by atoms with Gasteiger partial charge in [-0.15, -0.1) is 0 Å². The molecule has 0 aromatic heterocycles. The van der Waals surface area contributed by atoms with E-state index in [-0.39, 0.29) is 12.5 Å². The lowest BCUT2D eigenvalue weighted by atomic mass is 10.1. The van der Waals surface area contributed by atoms with E-state index >= 15 is 0 Å². The van der Waals surface area contributed by atoms with Crippen LogP contribution < -0.4 is 5.32 Å². The standard InChI is InChI=1S/C10H19F3N2O2S/c1-15(9-4-2-6-14-8-9)18(16,17)7-3-5-10(11,12)13/h9,14H,2-8H2,1H3. The number of piperidine rings is 1. The summed E-state index contributed by atoms with van der Waals surface area (Å²) < 4.78 is 60.8. The summed E-state index contributed by atoms with van der Waals surface area (Å²) in [4.78, 5) is 0. The van der Waals surface area contributed by atoms with Crippen molar-refractivity contribution in [2.45, 2.75) is 37.9 Å². The fourth-order valence-electron chi connectivity index (χ4n) is 1.97. The normalized spacial score (nSPS) is 22.4. The maximum atomic E-state index is 12.0. The molecule has 1 heterocycles. The molecular weight excluding hydrogens is 269 g/mol. The van der Waals surface area contributed by atoms with Crippen molar-refractivity contribution in [2.75, 3.05) is 25.9 Å². The van der Waals surface area contributed by atoms with Gasteiger partial charge in [0.2, 0.25) is 10.0 Å². The third-order valence-electron chi connectivity index (χ3n) is 3.09. The monoisotopic (exact) mass is 288 g/mol. The van der Waals surface area contributed by atoms with Crippen LogP contribution in [0.1, 0.15) is 25.7 Å². The van der Waals surface area contributed by atoms with Crippen molar-refractivity contribution in [3.05, 3.63) is 0 Å². The van der Waals surface area contributed by atoms with E-state index in [0.29, 0.717) is 6.54 Å². The minimum absolute atomic E-state index is 0.144. The maximum Gasteiger partial charge on any atom is 0.389 e. The zero-order chi connectivity index (χ0) is 13.8. The predicted octanol–water partition coefficient (Wildman–Crippen LogP) is 1.34. The Morgan fingerprint density at radius 3 is 2.56 bits per heavy atom. The Bertz CT molecular complexity index is 351. The number of hydrogen-bond donors (Lipinski definition) is 1. The van der Waals surface area contributed by atoms with Gasteiger partial charge in [-0.3, -0.25) is 0 Å². The van der Waals surface area contributed by atoms with Gasteiger partial charge in [0.1, 0.15) is 0 Å². The van der Waals surface area contributed by atoms with Crippen molar-refractivity contribution in [1.29, 1.82) is 0 Å². The van der Waals surface area contributed by atoms with E-state index in [1.807, 2.05) is 0 Å². The molecule has 1 unspecified atom stereocenters. The summed E-state index contributed by atoms with van der Waals surface area (Å²) in [6.07, 6.45) is -4.09. The lowest BCUT2D eigenvalue weighted by molar-refractivity contribution is -0.134. The van der Waals surface area contributed by atoms with E-state index in [1.54, 1.807) is 0 Å². The average Bonchev–Trinajstić information content (AvgIpc) is 2.27. The number of rotatable bonds is 5. The highest BCUT2D eigenvalue weighted by atomic mass is 32.2. The van der Waals surface area contributed by atoms with Gasteiger partial charge in [0.15, 0.2) is 0 Å². The lowest BCUT2D eigenvalue weighted by Gasteiger charge is -2.30. The molecular formula is C10H19F3N2O2S. The van der Waals surface area contributed by atoms with Crippen LogP contribution in [0.2, 0.25) is 0 Å². The number of sulfonamides is 1. The van der Waals surface area contributed by atoms with Crippen molar-refractivity contribution in [2.24, 2.45) is 0 Å². The molecule has 0 bridgehead atoms. The second-order valence-electron chi connectivity index (χ2n) is 4.55. The molecule has 108 valence electrons. The van der Waals surface area contributed by atoms with Crippen LogP contribution in [0.5, 0.6) is 0 Å². The highest BCUT2D eigenvalue weighted by Gasteiger charge is 2.30. The number of nitrogens with zero attached hydrogens (tertiary/aromatic N) is 1. The second-order valence-corrected chi connectivity index (χ2v) is 6.70. The Balaban J connectivity index is 2.46. The highest BCUT2D eigenvalue weighted by Crippen LogP contribution is 2.22. The molecule has 4 nitrogen and oxygen atoms in total. The molecule has 1 fully saturated rings. The minimum Gasteiger partial charge on any atom is -0.315 e. The van der Waals surface area contributed by atoms with Crippen molar-refractivity contribution in [1.82, 2.24) is 9.62 Å². The van der Waals surface area contributed by atoms with Crippen LogP contribution in [-0.2, 0) is 10.0 Å². The Hall–Kier alpha value is -0.340. The Kier molecular flexibility index (Phi) is 5.42. The second kappa shape index (κ2) is 6.21. The van der Waals surface area contributed by atoms with E-state index in [2.05, 4.69) is 5.32 Å². The summed E-state index contributed by atoms with van der Waals surface area (Å²) in [7, 11) is -2.14. The topological polar surface area (TPSA) is 49.4 Å². The van der Waals surface area contributed by atoms with Gasteiger partial charge in [-0.05, 0) is 25.8 Å². The van der Waals surface area contributed by atoms with Crippen LogP contribution in [0.25, 0.3) is 0 Å². The SMILES string of the molecule is CN(C1CCCNC1)S(=O)(=O)CCCC(F)(F)F. The van der Waals surface area contributed by atoms with E-state index < -0.39 is 28.4 Å². The van der Waals surface area contributed by atoms with Crippen molar-refractivity contribution >= 4 is 10.0 Å². The van der Waals surface area contributed by atoms with Crippen LogP contribution in [0.4, 0.5) is 13.2 Å². The van der Waals surface area contributed by atoms with Crippen LogP contribution in [0.3, 0.4) is 0 Å². The molecule has 0 aromatic rings. The van der Waals surface area contributed by atoms with Gasteiger partial charge >= 0.3 is 6.18 Å². The summed E-state index contributed by atoms with van der Waals surface area (Å²) in [6.45, 7) is 1.42. The molecule has 0 amide bonds. The summed E-state index contributed by atoms with van der Waals surface area (Å²) in [5.41, 5.74) is 0. The average molecular weight is 288 g/mol. The zero-order valence-electron chi connectivity index (χ0n) is 10.3.